The highest BCUT2D eigenvalue weighted by molar-refractivity contribution is 6.08. The highest BCUT2D eigenvalue weighted by atomic mass is 16.1. The van der Waals surface area contributed by atoms with E-state index in [1.807, 2.05) is 32.0 Å². The molecule has 2 heterocycles. The van der Waals surface area contributed by atoms with Crippen molar-refractivity contribution in [3.05, 3.63) is 47.3 Å². The smallest absolute Gasteiger partial charge is 0.271 e. The molecular weight excluding hydrogens is 316 g/mol. The van der Waals surface area contributed by atoms with Crippen LogP contribution in [0, 0.1) is 13.8 Å². The molecule has 0 atom stereocenters. The molecule has 25 heavy (non-hydrogen) atoms. The van der Waals surface area contributed by atoms with Gasteiger partial charge >= 0.3 is 0 Å². The van der Waals surface area contributed by atoms with Crippen LogP contribution in [0.5, 0.6) is 0 Å². The molecule has 7 nitrogen and oxygen atoms in total. The third-order valence-corrected chi connectivity index (χ3v) is 4.36. The topological polar surface area (TPSA) is 124 Å². The molecule has 0 aliphatic carbocycles. The van der Waals surface area contributed by atoms with Crippen molar-refractivity contribution in [3.8, 4) is 11.1 Å². The summed E-state index contributed by atoms with van der Waals surface area (Å²) in [7, 11) is 0. The van der Waals surface area contributed by atoms with Crippen LogP contribution in [0.15, 0.2) is 30.5 Å². The number of nitrogens with two attached hydrogens (primary N) is 2. The van der Waals surface area contributed by atoms with Crippen LogP contribution in [0.3, 0.4) is 0 Å². The number of aromatic amines is 1. The van der Waals surface area contributed by atoms with E-state index in [1.54, 1.807) is 6.20 Å². The van der Waals surface area contributed by atoms with E-state index in [1.165, 1.54) is 0 Å². The van der Waals surface area contributed by atoms with Crippen LogP contribution < -0.4 is 11.5 Å². The second-order valence-corrected chi connectivity index (χ2v) is 6.16. The van der Waals surface area contributed by atoms with E-state index >= 15 is 0 Å². The van der Waals surface area contributed by atoms with Gasteiger partial charge in [0.2, 0.25) is 0 Å². The molecule has 0 radical (unpaired) electrons. The molecule has 0 spiro atoms. The van der Waals surface area contributed by atoms with Crippen molar-refractivity contribution >= 4 is 33.4 Å². The van der Waals surface area contributed by atoms with E-state index in [0.717, 1.165) is 33.2 Å². The van der Waals surface area contributed by atoms with Gasteiger partial charge in [-0.15, -0.1) is 10.2 Å². The number of hydrogen-bond donors (Lipinski definition) is 3. The van der Waals surface area contributed by atoms with Crippen molar-refractivity contribution in [2.45, 2.75) is 13.8 Å². The quantitative estimate of drug-likeness (QED) is 0.520. The van der Waals surface area contributed by atoms with Crippen LogP contribution in [-0.4, -0.2) is 26.3 Å². The molecule has 5 N–H and O–H groups in total. The number of primary amides is 1. The number of hydrogen-bond acceptors (Lipinski definition) is 5. The minimum Gasteiger partial charge on any atom is -0.396 e. The lowest BCUT2D eigenvalue weighted by atomic mass is 9.94. The summed E-state index contributed by atoms with van der Waals surface area (Å²) in [6, 6.07) is 8.02. The van der Waals surface area contributed by atoms with Crippen molar-refractivity contribution in [3.63, 3.8) is 0 Å². The SMILES string of the molecule is Cc1cc(-c2cc3[nH]ncc3cc2C)c2nnc(C(N)=O)c(N)c2c1. The van der Waals surface area contributed by atoms with Crippen molar-refractivity contribution in [1.82, 2.24) is 20.4 Å². The molecule has 4 aromatic rings. The first-order valence-corrected chi connectivity index (χ1v) is 7.76. The van der Waals surface area contributed by atoms with E-state index in [4.69, 9.17) is 11.5 Å². The lowest BCUT2D eigenvalue weighted by Gasteiger charge is -2.13. The van der Waals surface area contributed by atoms with E-state index in [9.17, 15) is 4.79 Å². The first-order chi connectivity index (χ1) is 12.0. The molecule has 4 rings (SSSR count). The van der Waals surface area contributed by atoms with Gasteiger partial charge in [-0.3, -0.25) is 9.89 Å². The van der Waals surface area contributed by atoms with E-state index < -0.39 is 5.91 Å². The summed E-state index contributed by atoms with van der Waals surface area (Å²) >= 11 is 0. The summed E-state index contributed by atoms with van der Waals surface area (Å²) in [6.45, 7) is 4.00. The molecule has 0 bridgehead atoms. The number of nitrogen functional groups attached to an aromatic ring is 1. The molecule has 2 aromatic heterocycles. The zero-order valence-corrected chi connectivity index (χ0v) is 13.8. The Kier molecular flexibility index (Phi) is 3.18. The van der Waals surface area contributed by atoms with Gasteiger partial charge in [-0.2, -0.15) is 5.10 Å². The number of nitrogens with zero attached hydrogens (tertiary/aromatic N) is 3. The number of aryl methyl sites for hydroxylation is 2. The summed E-state index contributed by atoms with van der Waals surface area (Å²) in [5.74, 6) is -0.690. The molecule has 2 aromatic carbocycles. The van der Waals surface area contributed by atoms with Crippen LogP contribution in [0.25, 0.3) is 32.9 Å². The highest BCUT2D eigenvalue weighted by Gasteiger charge is 2.17. The standard InChI is InChI=1S/C18H16N6O/c1-8-3-12(11-6-14-10(5-9(11)2)7-21-22-14)16-13(4-8)15(19)17(18(20)25)24-23-16/h3-7H,1-2H3,(H2,19,23)(H2,20,25)(H,21,22). The van der Waals surface area contributed by atoms with Gasteiger partial charge in [0, 0.05) is 16.3 Å². The lowest BCUT2D eigenvalue weighted by molar-refractivity contribution is 0.0996. The fraction of sp³-hybridized carbons (Fsp3) is 0.111. The first kappa shape index (κ1) is 15.1. The number of benzene rings is 2. The average molecular weight is 332 g/mol. The number of rotatable bonds is 2. The Morgan fingerprint density at radius 1 is 1.08 bits per heavy atom. The maximum Gasteiger partial charge on any atom is 0.271 e. The summed E-state index contributed by atoms with van der Waals surface area (Å²) in [5.41, 5.74) is 17.3. The van der Waals surface area contributed by atoms with Crippen molar-refractivity contribution in [2.75, 3.05) is 5.73 Å². The fourth-order valence-corrected chi connectivity index (χ4v) is 3.16. The molecule has 0 fully saturated rings. The Hall–Kier alpha value is -3.48. The Morgan fingerprint density at radius 3 is 2.64 bits per heavy atom. The van der Waals surface area contributed by atoms with Crippen molar-refractivity contribution in [1.29, 1.82) is 0 Å². The molecule has 1 amide bonds. The summed E-state index contributed by atoms with van der Waals surface area (Å²) in [6.07, 6.45) is 1.79. The zero-order chi connectivity index (χ0) is 17.7. The van der Waals surface area contributed by atoms with Gasteiger partial charge in [0.15, 0.2) is 5.69 Å². The number of anilines is 1. The Balaban J connectivity index is 2.08. The predicted molar refractivity (Wildman–Crippen MR) is 97.0 cm³/mol. The van der Waals surface area contributed by atoms with Crippen LogP contribution in [0.2, 0.25) is 0 Å². The second-order valence-electron chi connectivity index (χ2n) is 6.16. The van der Waals surface area contributed by atoms with Gasteiger partial charge in [-0.05, 0) is 54.8 Å². The number of carbonyl (C=O) groups excluding carboxylic acids is 1. The molecule has 0 unspecified atom stereocenters. The van der Waals surface area contributed by atoms with Crippen LogP contribution >= 0.6 is 0 Å². The monoisotopic (exact) mass is 332 g/mol. The maximum absolute atomic E-state index is 11.5. The Morgan fingerprint density at radius 2 is 1.88 bits per heavy atom. The fourth-order valence-electron chi connectivity index (χ4n) is 3.16. The highest BCUT2D eigenvalue weighted by Crippen LogP contribution is 2.35. The molecule has 0 aliphatic rings. The van der Waals surface area contributed by atoms with Gasteiger partial charge in [0.05, 0.1) is 17.4 Å². The molecule has 0 saturated carbocycles. The summed E-state index contributed by atoms with van der Waals surface area (Å²) in [5, 5.41) is 16.9. The van der Waals surface area contributed by atoms with E-state index in [2.05, 4.69) is 26.5 Å². The number of amides is 1. The number of aromatic nitrogens is 4. The molecule has 124 valence electrons. The van der Waals surface area contributed by atoms with Gasteiger partial charge < -0.3 is 11.5 Å². The second kappa shape index (κ2) is 5.27. The van der Waals surface area contributed by atoms with Crippen LogP contribution in [0.4, 0.5) is 5.69 Å². The number of H-pyrrole nitrogens is 1. The minimum absolute atomic E-state index is 0.00945. The molecule has 0 saturated heterocycles. The normalized spacial score (nSPS) is 11.3. The lowest BCUT2D eigenvalue weighted by Crippen LogP contribution is -2.16. The molecule has 7 heteroatoms. The number of fused-ring (bicyclic) bond motifs is 2. The zero-order valence-electron chi connectivity index (χ0n) is 13.8. The number of carbonyl (C=O) groups is 1. The van der Waals surface area contributed by atoms with E-state index in [-0.39, 0.29) is 11.4 Å². The third kappa shape index (κ3) is 2.28. The van der Waals surface area contributed by atoms with Gasteiger partial charge in [0.1, 0.15) is 5.52 Å². The molecule has 0 aliphatic heterocycles. The van der Waals surface area contributed by atoms with Gasteiger partial charge in [-0.1, -0.05) is 0 Å². The van der Waals surface area contributed by atoms with Crippen LogP contribution in [-0.2, 0) is 0 Å². The van der Waals surface area contributed by atoms with Gasteiger partial charge in [0.25, 0.3) is 5.91 Å². The number of nitrogens with one attached hydrogen (secondary N) is 1. The summed E-state index contributed by atoms with van der Waals surface area (Å²) < 4.78 is 0. The van der Waals surface area contributed by atoms with Crippen LogP contribution in [0.1, 0.15) is 21.6 Å². The molecular formula is C18H16N6O. The van der Waals surface area contributed by atoms with Gasteiger partial charge in [-0.25, -0.2) is 0 Å². The third-order valence-electron chi connectivity index (χ3n) is 4.36. The largest absolute Gasteiger partial charge is 0.396 e. The van der Waals surface area contributed by atoms with Crippen molar-refractivity contribution < 1.29 is 4.79 Å². The summed E-state index contributed by atoms with van der Waals surface area (Å²) in [4.78, 5) is 11.5. The maximum atomic E-state index is 11.5. The Bertz CT molecular complexity index is 1160. The van der Waals surface area contributed by atoms with E-state index in [0.29, 0.717) is 10.9 Å². The average Bonchev–Trinajstić information content (AvgIpc) is 3.01. The first-order valence-electron chi connectivity index (χ1n) is 7.76. The van der Waals surface area contributed by atoms with Crippen molar-refractivity contribution in [2.24, 2.45) is 5.73 Å². The Labute approximate surface area is 143 Å². The minimum atomic E-state index is -0.690. The predicted octanol–water partition coefficient (Wildman–Crippen LogP) is 2.47.